The number of imidazole rings is 1. The quantitative estimate of drug-likeness (QED) is 0.373. The van der Waals surface area contributed by atoms with E-state index in [0.717, 1.165) is 16.8 Å². The first-order chi connectivity index (χ1) is 13.5. The maximum atomic E-state index is 12.7. The Morgan fingerprint density at radius 2 is 1.86 bits per heavy atom. The van der Waals surface area contributed by atoms with Crippen LogP contribution < -0.4 is 5.32 Å². The van der Waals surface area contributed by atoms with Crippen LogP contribution in [0.1, 0.15) is 27.0 Å². The van der Waals surface area contributed by atoms with Gasteiger partial charge in [0.2, 0.25) is 0 Å². The number of amides is 1. The van der Waals surface area contributed by atoms with E-state index in [9.17, 15) is 4.79 Å². The molecule has 2 N–H and O–H groups in total. The minimum absolute atomic E-state index is 0.229. The number of H-pyrrole nitrogens is 1. The fraction of sp³-hybridized carbons (Fsp3) is 0.0500. The van der Waals surface area contributed by atoms with Gasteiger partial charge in [0.15, 0.2) is 0 Å². The van der Waals surface area contributed by atoms with Crippen molar-refractivity contribution in [2.24, 2.45) is 0 Å². The molecule has 1 amide bonds. The van der Waals surface area contributed by atoms with Crippen molar-refractivity contribution in [2.75, 3.05) is 5.32 Å². The van der Waals surface area contributed by atoms with Gasteiger partial charge in [-0.1, -0.05) is 41.4 Å². The average Bonchev–Trinajstić information content (AvgIpc) is 3.22. The van der Waals surface area contributed by atoms with Crippen molar-refractivity contribution in [3.8, 4) is 0 Å². The summed E-state index contributed by atoms with van der Waals surface area (Å²) >= 11 is 16.9. The normalized spacial score (nSPS) is 12.1. The van der Waals surface area contributed by atoms with E-state index in [4.69, 9.17) is 23.2 Å². The molecule has 0 aliphatic rings. The predicted molar refractivity (Wildman–Crippen MR) is 116 cm³/mol. The maximum Gasteiger partial charge on any atom is 0.258 e. The zero-order valence-corrected chi connectivity index (χ0v) is 16.8. The molecule has 1 atom stereocenters. The second-order valence-corrected chi connectivity index (χ2v) is 7.40. The van der Waals surface area contributed by atoms with Crippen molar-refractivity contribution >= 4 is 58.3 Å². The molecule has 5 nitrogen and oxygen atoms in total. The first-order valence-corrected chi connectivity index (χ1v) is 9.63. The molecule has 1 unspecified atom stereocenters. The van der Waals surface area contributed by atoms with E-state index in [2.05, 4.69) is 32.9 Å². The molecule has 2 aromatic heterocycles. The Labute approximate surface area is 176 Å². The van der Waals surface area contributed by atoms with Crippen LogP contribution in [-0.4, -0.2) is 20.9 Å². The highest BCUT2D eigenvalue weighted by molar-refractivity contribution is 7.80. The molecule has 8 heteroatoms. The molecule has 28 heavy (non-hydrogen) atoms. The molecular formula is C20H14Cl2N4OS. The molecule has 0 fully saturated rings. The molecule has 0 saturated carbocycles. The van der Waals surface area contributed by atoms with E-state index in [0.29, 0.717) is 11.2 Å². The van der Waals surface area contributed by atoms with Crippen molar-refractivity contribution in [1.82, 2.24) is 15.0 Å². The van der Waals surface area contributed by atoms with E-state index in [1.54, 1.807) is 42.9 Å². The highest BCUT2D eigenvalue weighted by Gasteiger charge is 2.17. The second kappa shape index (κ2) is 7.83. The Hall–Kier alpha value is -2.54. The summed E-state index contributed by atoms with van der Waals surface area (Å²) in [4.78, 5) is 24.5. The van der Waals surface area contributed by atoms with E-state index in [1.165, 1.54) is 0 Å². The average molecular weight is 429 g/mol. The van der Waals surface area contributed by atoms with Crippen LogP contribution >= 0.6 is 35.8 Å². The van der Waals surface area contributed by atoms with Gasteiger partial charge in [-0.05, 0) is 29.8 Å². The molecule has 0 aliphatic heterocycles. The highest BCUT2D eigenvalue weighted by Crippen LogP contribution is 2.30. The fourth-order valence-corrected chi connectivity index (χ4v) is 3.76. The first kappa shape index (κ1) is 18.8. The van der Waals surface area contributed by atoms with Gasteiger partial charge in [0.05, 0.1) is 32.1 Å². The van der Waals surface area contributed by atoms with E-state index >= 15 is 0 Å². The number of nitrogens with one attached hydrogen (secondary N) is 2. The summed E-state index contributed by atoms with van der Waals surface area (Å²) in [5.41, 5.74) is 2.35. The minimum Gasteiger partial charge on any atom is -0.347 e. The maximum absolute atomic E-state index is 12.7. The smallest absolute Gasteiger partial charge is 0.258 e. The summed E-state index contributed by atoms with van der Waals surface area (Å²) in [6.45, 7) is 0. The van der Waals surface area contributed by atoms with Crippen LogP contribution in [0, 0.1) is 0 Å². The monoisotopic (exact) mass is 428 g/mol. The topological polar surface area (TPSA) is 70.7 Å². The lowest BCUT2D eigenvalue weighted by Crippen LogP contribution is -2.13. The predicted octanol–water partition coefficient (Wildman–Crippen LogP) is 5.54. The van der Waals surface area contributed by atoms with Gasteiger partial charge in [-0.2, -0.15) is 12.6 Å². The Morgan fingerprint density at radius 3 is 2.57 bits per heavy atom. The third-order valence-electron chi connectivity index (χ3n) is 4.26. The van der Waals surface area contributed by atoms with Crippen molar-refractivity contribution in [1.29, 1.82) is 0 Å². The molecule has 2 aromatic carbocycles. The number of halogens is 2. The Bertz CT molecular complexity index is 1140. The molecule has 0 saturated heterocycles. The summed E-state index contributed by atoms with van der Waals surface area (Å²) in [6, 6.07) is 12.5. The van der Waals surface area contributed by atoms with Gasteiger partial charge in [0.25, 0.3) is 5.91 Å². The number of para-hydroxylation sites is 1. The number of thiol groups is 1. The number of pyridine rings is 1. The van der Waals surface area contributed by atoms with Crippen LogP contribution in [-0.2, 0) is 0 Å². The van der Waals surface area contributed by atoms with Gasteiger partial charge in [-0.25, -0.2) is 4.98 Å². The number of hydrogen-bond donors (Lipinski definition) is 3. The van der Waals surface area contributed by atoms with Crippen LogP contribution in [0.3, 0.4) is 0 Å². The van der Waals surface area contributed by atoms with Crippen LogP contribution in [0.4, 0.5) is 5.69 Å². The number of carbonyl (C=O) groups excluding carboxylic acids is 1. The van der Waals surface area contributed by atoms with Gasteiger partial charge < -0.3 is 10.3 Å². The Kier molecular flexibility index (Phi) is 5.26. The Morgan fingerprint density at radius 1 is 1.11 bits per heavy atom. The van der Waals surface area contributed by atoms with Crippen molar-refractivity contribution in [2.45, 2.75) is 5.25 Å². The number of carbonyl (C=O) groups is 1. The van der Waals surface area contributed by atoms with Gasteiger partial charge in [0.1, 0.15) is 5.82 Å². The van der Waals surface area contributed by atoms with Gasteiger partial charge in [0, 0.05) is 24.0 Å². The van der Waals surface area contributed by atoms with Gasteiger partial charge >= 0.3 is 0 Å². The lowest BCUT2D eigenvalue weighted by atomic mass is 10.1. The zero-order chi connectivity index (χ0) is 19.7. The zero-order valence-electron chi connectivity index (χ0n) is 14.4. The second-order valence-electron chi connectivity index (χ2n) is 6.07. The van der Waals surface area contributed by atoms with Crippen LogP contribution in [0.2, 0.25) is 10.0 Å². The molecule has 140 valence electrons. The molecule has 0 bridgehead atoms. The SMILES string of the molecule is O=C(Nc1cccc2cc(C(S)c3ncc[nH]3)cnc12)c1c(Cl)cccc1Cl. The lowest BCUT2D eigenvalue weighted by molar-refractivity contribution is 0.102. The number of hydrogen-bond acceptors (Lipinski definition) is 4. The van der Waals surface area contributed by atoms with Gasteiger partial charge in [-0.15, -0.1) is 0 Å². The molecule has 0 spiro atoms. The third-order valence-corrected chi connectivity index (χ3v) is 5.44. The van der Waals surface area contributed by atoms with Crippen LogP contribution in [0.25, 0.3) is 10.9 Å². The number of anilines is 1. The van der Waals surface area contributed by atoms with E-state index < -0.39 is 5.91 Å². The van der Waals surface area contributed by atoms with E-state index in [-0.39, 0.29) is 20.9 Å². The van der Waals surface area contributed by atoms with Crippen molar-refractivity contribution < 1.29 is 4.79 Å². The number of rotatable bonds is 4. The molecule has 2 heterocycles. The summed E-state index contributed by atoms with van der Waals surface area (Å²) < 4.78 is 0. The minimum atomic E-state index is -0.392. The molecule has 4 rings (SSSR count). The number of nitrogens with zero attached hydrogens (tertiary/aromatic N) is 2. The molecular weight excluding hydrogens is 415 g/mol. The fourth-order valence-electron chi connectivity index (χ4n) is 2.91. The third kappa shape index (κ3) is 3.58. The standard InChI is InChI=1S/C20H14Cl2N4OS/c21-13-4-2-5-14(22)16(13)20(27)26-15-6-1-3-11-9-12(10-25-17(11)15)18(28)19-23-7-8-24-19/h1-10,18,28H,(H,23,24)(H,26,27). The molecule has 0 radical (unpaired) electrons. The number of aromatic amines is 1. The van der Waals surface area contributed by atoms with Crippen molar-refractivity contribution in [3.63, 3.8) is 0 Å². The van der Waals surface area contributed by atoms with Crippen LogP contribution in [0.5, 0.6) is 0 Å². The highest BCUT2D eigenvalue weighted by atomic mass is 35.5. The largest absolute Gasteiger partial charge is 0.347 e. The lowest BCUT2D eigenvalue weighted by Gasteiger charge is -2.12. The number of fused-ring (bicyclic) bond motifs is 1. The summed E-state index contributed by atoms with van der Waals surface area (Å²) in [6.07, 6.45) is 5.15. The van der Waals surface area contributed by atoms with Gasteiger partial charge in [-0.3, -0.25) is 9.78 Å². The summed E-state index contributed by atoms with van der Waals surface area (Å²) in [7, 11) is 0. The van der Waals surface area contributed by atoms with Crippen LogP contribution in [0.15, 0.2) is 61.1 Å². The Balaban J connectivity index is 1.68. The van der Waals surface area contributed by atoms with E-state index in [1.807, 2.05) is 18.2 Å². The molecule has 0 aliphatic carbocycles. The summed E-state index contributed by atoms with van der Waals surface area (Å²) in [5.74, 6) is 0.346. The number of benzene rings is 2. The van der Waals surface area contributed by atoms with Crippen molar-refractivity contribution in [3.05, 3.63) is 88.1 Å². The molecule has 4 aromatic rings. The first-order valence-electron chi connectivity index (χ1n) is 8.36. The number of aromatic nitrogens is 3. The summed E-state index contributed by atoms with van der Waals surface area (Å²) in [5, 5.41) is 4.07.